The fourth-order valence-corrected chi connectivity index (χ4v) is 2.37. The van der Waals surface area contributed by atoms with E-state index in [0.717, 1.165) is 22.0 Å². The summed E-state index contributed by atoms with van der Waals surface area (Å²) in [5, 5.41) is 4.12. The normalized spacial score (nSPS) is 11.3. The van der Waals surface area contributed by atoms with Gasteiger partial charge in [-0.3, -0.25) is 0 Å². The van der Waals surface area contributed by atoms with Crippen molar-refractivity contribution in [2.24, 2.45) is 0 Å². The Morgan fingerprint density at radius 1 is 1.05 bits per heavy atom. The van der Waals surface area contributed by atoms with Crippen LogP contribution < -0.4 is 10.1 Å². The molecule has 0 unspecified atom stereocenters. The Hall–Kier alpha value is -1.67. The van der Waals surface area contributed by atoms with Crippen molar-refractivity contribution in [1.82, 2.24) is 0 Å². The summed E-state index contributed by atoms with van der Waals surface area (Å²) >= 11 is 6.04. The van der Waals surface area contributed by atoms with E-state index in [1.54, 1.807) is 7.11 Å². The summed E-state index contributed by atoms with van der Waals surface area (Å²) in [5.41, 5.74) is 3.64. The standard InChI is InChI=1S/C18H22ClNO/c1-18(2,3)14-5-8-16(9-6-14)20-12-13-11-15(19)7-10-17(13)21-4/h5-11,20H,12H2,1-4H3. The second-order valence-corrected chi connectivity index (χ2v) is 6.57. The van der Waals surface area contributed by atoms with Crippen molar-refractivity contribution in [1.29, 1.82) is 0 Å². The van der Waals surface area contributed by atoms with Crippen LogP contribution in [-0.4, -0.2) is 7.11 Å². The summed E-state index contributed by atoms with van der Waals surface area (Å²) < 4.78 is 5.35. The molecule has 0 aliphatic rings. The van der Waals surface area contributed by atoms with Gasteiger partial charge < -0.3 is 10.1 Å². The maximum absolute atomic E-state index is 6.04. The first kappa shape index (κ1) is 15.7. The van der Waals surface area contributed by atoms with E-state index < -0.39 is 0 Å². The third kappa shape index (κ3) is 4.15. The summed E-state index contributed by atoms with van der Waals surface area (Å²) in [5.74, 6) is 0.846. The smallest absolute Gasteiger partial charge is 0.123 e. The van der Waals surface area contributed by atoms with Crippen LogP contribution in [0.4, 0.5) is 5.69 Å². The van der Waals surface area contributed by atoms with Crippen LogP contribution in [-0.2, 0) is 12.0 Å². The molecule has 2 rings (SSSR count). The predicted octanol–water partition coefficient (Wildman–Crippen LogP) is 5.26. The molecular weight excluding hydrogens is 282 g/mol. The van der Waals surface area contributed by atoms with Crippen molar-refractivity contribution in [3.05, 3.63) is 58.6 Å². The first-order chi connectivity index (χ1) is 9.90. The molecular formula is C18H22ClNO. The molecule has 2 nitrogen and oxygen atoms in total. The number of hydrogen-bond acceptors (Lipinski definition) is 2. The van der Waals surface area contributed by atoms with Gasteiger partial charge in [0.25, 0.3) is 0 Å². The zero-order valence-electron chi connectivity index (χ0n) is 13.0. The van der Waals surface area contributed by atoms with Crippen molar-refractivity contribution < 1.29 is 4.74 Å². The van der Waals surface area contributed by atoms with E-state index in [4.69, 9.17) is 16.3 Å². The number of halogens is 1. The predicted molar refractivity (Wildman–Crippen MR) is 90.5 cm³/mol. The molecule has 21 heavy (non-hydrogen) atoms. The molecule has 3 heteroatoms. The van der Waals surface area contributed by atoms with Crippen LogP contribution in [0.15, 0.2) is 42.5 Å². The summed E-state index contributed by atoms with van der Waals surface area (Å²) in [7, 11) is 1.67. The van der Waals surface area contributed by atoms with Crippen molar-refractivity contribution in [2.75, 3.05) is 12.4 Å². The highest BCUT2D eigenvalue weighted by Crippen LogP contribution is 2.25. The lowest BCUT2D eigenvalue weighted by molar-refractivity contribution is 0.410. The van der Waals surface area contributed by atoms with Crippen LogP contribution in [0.1, 0.15) is 31.9 Å². The molecule has 0 amide bonds. The Bertz CT molecular complexity index is 600. The van der Waals surface area contributed by atoms with Gasteiger partial charge >= 0.3 is 0 Å². The lowest BCUT2D eigenvalue weighted by atomic mass is 9.87. The molecule has 0 atom stereocenters. The maximum Gasteiger partial charge on any atom is 0.123 e. The molecule has 112 valence electrons. The SMILES string of the molecule is COc1ccc(Cl)cc1CNc1ccc(C(C)(C)C)cc1. The highest BCUT2D eigenvalue weighted by molar-refractivity contribution is 6.30. The number of nitrogens with one attached hydrogen (secondary N) is 1. The van der Waals surface area contributed by atoms with Crippen molar-refractivity contribution in [2.45, 2.75) is 32.7 Å². The number of ether oxygens (including phenoxy) is 1. The van der Waals surface area contributed by atoms with E-state index in [1.165, 1.54) is 5.56 Å². The summed E-state index contributed by atoms with van der Waals surface area (Å²) in [4.78, 5) is 0. The zero-order valence-corrected chi connectivity index (χ0v) is 13.8. The van der Waals surface area contributed by atoms with E-state index in [9.17, 15) is 0 Å². The van der Waals surface area contributed by atoms with Crippen molar-refractivity contribution >= 4 is 17.3 Å². The Morgan fingerprint density at radius 2 is 1.71 bits per heavy atom. The molecule has 0 aromatic heterocycles. The lowest BCUT2D eigenvalue weighted by Gasteiger charge is -2.19. The first-order valence-electron chi connectivity index (χ1n) is 7.07. The van der Waals surface area contributed by atoms with E-state index in [-0.39, 0.29) is 5.41 Å². The van der Waals surface area contributed by atoms with Gasteiger partial charge in [0.05, 0.1) is 7.11 Å². The molecule has 0 aliphatic heterocycles. The van der Waals surface area contributed by atoms with Gasteiger partial charge in [-0.15, -0.1) is 0 Å². The maximum atomic E-state index is 6.04. The van der Waals surface area contributed by atoms with Gasteiger partial charge in [-0.05, 0) is 41.3 Å². The van der Waals surface area contributed by atoms with Crippen LogP contribution in [0.5, 0.6) is 5.75 Å². The molecule has 1 N–H and O–H groups in total. The molecule has 2 aromatic rings. The second kappa shape index (κ2) is 6.40. The van der Waals surface area contributed by atoms with Gasteiger partial charge in [0.15, 0.2) is 0 Å². The molecule has 0 saturated heterocycles. The molecule has 0 fully saturated rings. The lowest BCUT2D eigenvalue weighted by Crippen LogP contribution is -2.10. The molecule has 0 spiro atoms. The Morgan fingerprint density at radius 3 is 2.29 bits per heavy atom. The van der Waals surface area contributed by atoms with Gasteiger partial charge in [0.1, 0.15) is 5.75 Å². The van der Waals surface area contributed by atoms with Gasteiger partial charge in [0, 0.05) is 22.8 Å². The quantitative estimate of drug-likeness (QED) is 0.832. The molecule has 0 radical (unpaired) electrons. The fraction of sp³-hybridized carbons (Fsp3) is 0.333. The largest absolute Gasteiger partial charge is 0.496 e. The molecule has 0 aliphatic carbocycles. The van der Waals surface area contributed by atoms with Crippen LogP contribution in [0.2, 0.25) is 5.02 Å². The number of hydrogen-bond donors (Lipinski definition) is 1. The summed E-state index contributed by atoms with van der Waals surface area (Å²) in [6.45, 7) is 7.32. The third-order valence-electron chi connectivity index (χ3n) is 3.48. The van der Waals surface area contributed by atoms with Gasteiger partial charge in [-0.25, -0.2) is 0 Å². The van der Waals surface area contributed by atoms with E-state index in [0.29, 0.717) is 6.54 Å². The molecule has 2 aromatic carbocycles. The van der Waals surface area contributed by atoms with E-state index in [1.807, 2.05) is 18.2 Å². The van der Waals surface area contributed by atoms with Crippen LogP contribution in [0.3, 0.4) is 0 Å². The van der Waals surface area contributed by atoms with Crippen LogP contribution in [0, 0.1) is 0 Å². The summed E-state index contributed by atoms with van der Waals surface area (Å²) in [6, 6.07) is 14.2. The number of anilines is 1. The molecule has 0 heterocycles. The average molecular weight is 304 g/mol. The summed E-state index contributed by atoms with van der Waals surface area (Å²) in [6.07, 6.45) is 0. The topological polar surface area (TPSA) is 21.3 Å². The Labute approximate surface area is 132 Å². The minimum Gasteiger partial charge on any atom is -0.496 e. The fourth-order valence-electron chi connectivity index (χ4n) is 2.17. The highest BCUT2D eigenvalue weighted by Gasteiger charge is 2.12. The second-order valence-electron chi connectivity index (χ2n) is 6.14. The van der Waals surface area contributed by atoms with E-state index in [2.05, 4.69) is 50.4 Å². The first-order valence-corrected chi connectivity index (χ1v) is 7.45. The minimum atomic E-state index is 0.175. The Kier molecular flexibility index (Phi) is 4.79. The number of benzene rings is 2. The van der Waals surface area contributed by atoms with Crippen LogP contribution in [0.25, 0.3) is 0 Å². The van der Waals surface area contributed by atoms with Gasteiger partial charge in [-0.2, -0.15) is 0 Å². The average Bonchev–Trinajstić information content (AvgIpc) is 2.45. The monoisotopic (exact) mass is 303 g/mol. The minimum absolute atomic E-state index is 0.175. The number of rotatable bonds is 4. The third-order valence-corrected chi connectivity index (χ3v) is 3.71. The highest BCUT2D eigenvalue weighted by atomic mass is 35.5. The van der Waals surface area contributed by atoms with E-state index >= 15 is 0 Å². The molecule has 0 bridgehead atoms. The van der Waals surface area contributed by atoms with Gasteiger partial charge in [-0.1, -0.05) is 44.5 Å². The molecule has 0 saturated carbocycles. The zero-order chi connectivity index (χ0) is 15.5. The van der Waals surface area contributed by atoms with Crippen LogP contribution >= 0.6 is 11.6 Å². The Balaban J connectivity index is 2.08. The van der Waals surface area contributed by atoms with Crippen molar-refractivity contribution in [3.8, 4) is 5.75 Å². The van der Waals surface area contributed by atoms with Gasteiger partial charge in [0.2, 0.25) is 0 Å². The number of methoxy groups -OCH3 is 1. The van der Waals surface area contributed by atoms with Crippen molar-refractivity contribution in [3.63, 3.8) is 0 Å².